The van der Waals surface area contributed by atoms with Crippen LogP contribution in [0.5, 0.6) is 0 Å². The van der Waals surface area contributed by atoms with Crippen molar-refractivity contribution in [2.75, 3.05) is 19.6 Å². The summed E-state index contributed by atoms with van der Waals surface area (Å²) >= 11 is 0. The fraction of sp³-hybridized carbons (Fsp3) is 0.857. The van der Waals surface area contributed by atoms with Crippen LogP contribution in [0.2, 0.25) is 0 Å². The Morgan fingerprint density at radius 1 is 1.36 bits per heavy atom. The number of nitrogens with one attached hydrogen (secondary N) is 2. The predicted molar refractivity (Wildman–Crippen MR) is 41.7 cm³/mol. The topological polar surface area (TPSA) is 41.1 Å². The summed E-state index contributed by atoms with van der Waals surface area (Å²) in [5.41, 5.74) is 0. The maximum atomic E-state index is 10.2. The van der Waals surface area contributed by atoms with Crippen molar-refractivity contribution < 1.29 is 37.5 Å². The van der Waals surface area contributed by atoms with Crippen LogP contribution in [0.25, 0.3) is 0 Å². The van der Waals surface area contributed by atoms with E-state index in [4.69, 9.17) is 0 Å². The molecule has 0 aliphatic rings. The quantitative estimate of drug-likeness (QED) is 0.617. The monoisotopic (exact) mass is 232 g/mol. The molecule has 0 saturated carbocycles. The van der Waals surface area contributed by atoms with Gasteiger partial charge in [-0.1, -0.05) is 19.9 Å². The van der Waals surface area contributed by atoms with Crippen molar-refractivity contribution in [3.8, 4) is 0 Å². The Labute approximate surface area is 93.6 Å². The molecule has 1 unspecified atom stereocenters. The van der Waals surface area contributed by atoms with Crippen LogP contribution in [0.4, 0.5) is 0 Å². The van der Waals surface area contributed by atoms with Crippen molar-refractivity contribution >= 4 is 6.29 Å². The minimum absolute atomic E-state index is 0. The van der Waals surface area contributed by atoms with Crippen LogP contribution < -0.4 is 10.6 Å². The molecule has 1 radical (unpaired) electrons. The molecule has 0 saturated heterocycles. The first-order valence-corrected chi connectivity index (χ1v) is 3.66. The van der Waals surface area contributed by atoms with Gasteiger partial charge >= 0.3 is 0 Å². The SMILES string of the molecule is CCNCC([C-]=O)NCC.[Y]. The molecule has 0 aromatic heterocycles. The van der Waals surface area contributed by atoms with E-state index < -0.39 is 0 Å². The molecule has 0 aliphatic carbocycles. The van der Waals surface area contributed by atoms with Crippen LogP contribution >= 0.6 is 0 Å². The van der Waals surface area contributed by atoms with Crippen molar-refractivity contribution in [1.82, 2.24) is 10.6 Å². The molecule has 0 aromatic rings. The molecular weight excluding hydrogens is 217 g/mol. The van der Waals surface area contributed by atoms with Gasteiger partial charge in [0, 0.05) is 32.7 Å². The van der Waals surface area contributed by atoms with Crippen LogP contribution in [0.1, 0.15) is 13.8 Å². The Bertz CT molecular complexity index is 90.5. The maximum Gasteiger partial charge on any atom is 0 e. The molecule has 63 valence electrons. The molecule has 0 aliphatic heterocycles. The number of rotatable bonds is 6. The number of carbonyl (C=O) groups excluding carboxylic acids is 1. The Morgan fingerprint density at radius 3 is 2.36 bits per heavy atom. The van der Waals surface area contributed by atoms with Gasteiger partial charge in [-0.25, -0.2) is 6.29 Å². The van der Waals surface area contributed by atoms with E-state index in [0.29, 0.717) is 6.54 Å². The molecule has 0 heterocycles. The Morgan fingerprint density at radius 2 is 2.00 bits per heavy atom. The Kier molecular flexibility index (Phi) is 13.8. The third-order valence-electron chi connectivity index (χ3n) is 1.19. The predicted octanol–water partition coefficient (Wildman–Crippen LogP) is -0.319. The van der Waals surface area contributed by atoms with Gasteiger partial charge in [0.05, 0.1) is 0 Å². The molecule has 0 fully saturated rings. The van der Waals surface area contributed by atoms with Crippen molar-refractivity contribution in [3.05, 3.63) is 0 Å². The summed E-state index contributed by atoms with van der Waals surface area (Å²) in [6, 6.07) is -0.148. The summed E-state index contributed by atoms with van der Waals surface area (Å²) in [4.78, 5) is 10.2. The molecule has 4 heteroatoms. The minimum atomic E-state index is -0.148. The zero-order chi connectivity index (χ0) is 7.82. The standard InChI is InChI=1S/C7H15N2O.Y/c1-3-8-5-7(6-10)9-4-2;/h7-9H,3-5H2,1-2H3;/q-1;. The summed E-state index contributed by atoms with van der Waals surface area (Å²) in [6.45, 7) is 6.35. The van der Waals surface area contributed by atoms with E-state index in [1.165, 1.54) is 0 Å². The van der Waals surface area contributed by atoms with Crippen LogP contribution in [0.3, 0.4) is 0 Å². The van der Waals surface area contributed by atoms with Gasteiger partial charge in [-0.05, 0) is 19.6 Å². The molecule has 2 N–H and O–H groups in total. The fourth-order valence-corrected chi connectivity index (χ4v) is 0.691. The van der Waals surface area contributed by atoms with E-state index >= 15 is 0 Å². The van der Waals surface area contributed by atoms with Gasteiger partial charge in [-0.15, -0.1) is 0 Å². The third-order valence-corrected chi connectivity index (χ3v) is 1.19. The first kappa shape index (κ1) is 14.2. The Hall–Kier alpha value is 0.694. The first-order chi connectivity index (χ1) is 4.85. The normalized spacial score (nSPS) is 11.8. The van der Waals surface area contributed by atoms with Gasteiger partial charge in [0.15, 0.2) is 0 Å². The van der Waals surface area contributed by atoms with Gasteiger partial charge in [0.25, 0.3) is 0 Å². The van der Waals surface area contributed by atoms with E-state index in [-0.39, 0.29) is 38.8 Å². The summed E-state index contributed by atoms with van der Waals surface area (Å²) in [5.74, 6) is 0. The van der Waals surface area contributed by atoms with Crippen molar-refractivity contribution in [1.29, 1.82) is 0 Å². The van der Waals surface area contributed by atoms with Crippen molar-refractivity contribution in [2.45, 2.75) is 19.9 Å². The van der Waals surface area contributed by atoms with E-state index in [9.17, 15) is 4.79 Å². The molecule has 3 nitrogen and oxygen atoms in total. The summed E-state index contributed by atoms with van der Waals surface area (Å²) in [7, 11) is 0. The van der Waals surface area contributed by atoms with E-state index in [1.807, 2.05) is 20.1 Å². The zero-order valence-corrected chi connectivity index (χ0v) is 10.0. The molecule has 0 rings (SSSR count). The molecule has 11 heavy (non-hydrogen) atoms. The molecule has 0 spiro atoms. The van der Waals surface area contributed by atoms with Gasteiger partial charge < -0.3 is 15.4 Å². The minimum Gasteiger partial charge on any atom is -0.540 e. The van der Waals surface area contributed by atoms with Crippen LogP contribution in [-0.2, 0) is 37.5 Å². The largest absolute Gasteiger partial charge is 0.540 e. The Balaban J connectivity index is 0. The number of hydrogen-bond acceptors (Lipinski definition) is 3. The summed E-state index contributed by atoms with van der Waals surface area (Å²) in [6.07, 6.45) is 1.91. The van der Waals surface area contributed by atoms with Crippen molar-refractivity contribution in [3.63, 3.8) is 0 Å². The summed E-state index contributed by atoms with van der Waals surface area (Å²) < 4.78 is 0. The van der Waals surface area contributed by atoms with Gasteiger partial charge in [-0.3, -0.25) is 0 Å². The van der Waals surface area contributed by atoms with Crippen LogP contribution in [0.15, 0.2) is 0 Å². The van der Waals surface area contributed by atoms with Gasteiger partial charge in [0.1, 0.15) is 0 Å². The second-order valence-electron chi connectivity index (χ2n) is 2.04. The summed E-state index contributed by atoms with van der Waals surface area (Å²) in [5, 5.41) is 6.04. The molecule has 0 bridgehead atoms. The van der Waals surface area contributed by atoms with E-state index in [2.05, 4.69) is 10.6 Å². The van der Waals surface area contributed by atoms with Gasteiger partial charge in [-0.2, -0.15) is 0 Å². The number of likely N-dealkylation sites (N-methyl/N-ethyl adjacent to an activating group) is 2. The fourth-order valence-electron chi connectivity index (χ4n) is 0.691. The van der Waals surface area contributed by atoms with E-state index in [0.717, 1.165) is 13.1 Å². The number of hydrogen-bond donors (Lipinski definition) is 2. The first-order valence-electron chi connectivity index (χ1n) is 3.66. The second-order valence-corrected chi connectivity index (χ2v) is 2.04. The molecule has 0 amide bonds. The second kappa shape index (κ2) is 10.7. The molecule has 1 atom stereocenters. The smallest absolute Gasteiger partial charge is 0 e. The van der Waals surface area contributed by atoms with Crippen LogP contribution in [-0.4, -0.2) is 32.0 Å². The third kappa shape index (κ3) is 8.60. The van der Waals surface area contributed by atoms with Crippen molar-refractivity contribution in [2.24, 2.45) is 0 Å². The average molecular weight is 232 g/mol. The molecular formula is C7H15N2OY-. The molecule has 0 aromatic carbocycles. The average Bonchev–Trinajstić information content (AvgIpc) is 1.98. The van der Waals surface area contributed by atoms with E-state index in [1.54, 1.807) is 0 Å². The van der Waals surface area contributed by atoms with Crippen LogP contribution in [0, 0.1) is 0 Å². The maximum absolute atomic E-state index is 10.2. The zero-order valence-electron chi connectivity index (χ0n) is 7.18. The van der Waals surface area contributed by atoms with Gasteiger partial charge in [0.2, 0.25) is 0 Å².